The molecule has 0 aliphatic carbocycles. The number of nitrogens with one attached hydrogen (secondary N) is 2. The van der Waals surface area contributed by atoms with Gasteiger partial charge in [-0.3, -0.25) is 32.5 Å². The lowest BCUT2D eigenvalue weighted by Gasteiger charge is -2.30. The first kappa shape index (κ1) is 49.9. The molecule has 26 nitrogen and oxygen atoms in total. The minimum atomic E-state index is -5.59. The van der Waals surface area contributed by atoms with Crippen LogP contribution in [0.5, 0.6) is 11.5 Å². The van der Waals surface area contributed by atoms with Crippen molar-refractivity contribution in [3.63, 3.8) is 0 Å². The minimum absolute atomic E-state index is 0.0252. The van der Waals surface area contributed by atoms with Crippen molar-refractivity contribution in [1.29, 1.82) is 0 Å². The van der Waals surface area contributed by atoms with Crippen LogP contribution < -0.4 is 25.8 Å². The number of aliphatic hydroxyl groups excluding tert-OH is 2. The number of rotatable bonds is 22. The lowest BCUT2D eigenvalue weighted by atomic mass is 9.87. The Bertz CT molecular complexity index is 2350. The summed E-state index contributed by atoms with van der Waals surface area (Å²) >= 11 is 0.976. The van der Waals surface area contributed by atoms with Crippen LogP contribution in [-0.4, -0.2) is 130 Å². The van der Waals surface area contributed by atoms with Gasteiger partial charge in [0.25, 0.3) is 0 Å². The van der Waals surface area contributed by atoms with Gasteiger partial charge >= 0.3 is 23.5 Å². The Hall–Kier alpha value is -4.14. The number of ether oxygens (including phenoxy) is 3. The fourth-order valence-electron chi connectivity index (χ4n) is 5.65. The molecule has 0 spiro atoms. The van der Waals surface area contributed by atoms with E-state index in [0.29, 0.717) is 11.5 Å². The molecule has 1 aromatic carbocycles. The number of benzene rings is 1. The molecule has 30 heteroatoms. The number of nitrogen functional groups attached to an aromatic ring is 1. The number of imidazole rings is 1. The van der Waals surface area contributed by atoms with Crippen LogP contribution in [0.25, 0.3) is 17.2 Å². The van der Waals surface area contributed by atoms with Gasteiger partial charge in [0.2, 0.25) is 23.7 Å². The number of aromatic nitrogens is 4. The zero-order chi connectivity index (χ0) is 46.2. The van der Waals surface area contributed by atoms with E-state index >= 15 is 0 Å². The molecular weight excluding hydrogens is 923 g/mol. The third-order valence-electron chi connectivity index (χ3n) is 8.77. The van der Waals surface area contributed by atoms with E-state index in [1.807, 2.05) is 6.07 Å². The van der Waals surface area contributed by atoms with Gasteiger partial charge in [0.15, 0.2) is 29.2 Å². The van der Waals surface area contributed by atoms with E-state index in [0.717, 1.165) is 34.5 Å². The minimum Gasteiger partial charge on any atom is -0.454 e. The zero-order valence-corrected chi connectivity index (χ0v) is 36.6. The molecule has 2 amide bonds. The summed E-state index contributed by atoms with van der Waals surface area (Å²) < 4.78 is 72.9. The van der Waals surface area contributed by atoms with Crippen LogP contribution in [0, 0.1) is 5.41 Å². The van der Waals surface area contributed by atoms with Gasteiger partial charge in [0, 0.05) is 30.7 Å². The number of amides is 2. The van der Waals surface area contributed by atoms with E-state index in [1.54, 1.807) is 30.4 Å². The monoisotopic (exact) mass is 967 g/mol. The maximum Gasteiger partial charge on any atom is 0.481 e. The molecule has 1 saturated heterocycles. The van der Waals surface area contributed by atoms with E-state index in [-0.39, 0.29) is 54.2 Å². The summed E-state index contributed by atoms with van der Waals surface area (Å²) in [6, 6.07) is 5.43. The highest BCUT2D eigenvalue weighted by Crippen LogP contribution is 2.61. The number of carbonyl (C=O) groups is 3. The molecule has 2 aromatic heterocycles. The van der Waals surface area contributed by atoms with Crippen molar-refractivity contribution >= 4 is 75.2 Å². The van der Waals surface area contributed by atoms with E-state index < -0.39 is 84.6 Å². The standard InChI is InChI=1S/C33H44N7O19P3S/c1-33(2,28(44)31(45)36-10-9-23(41)35-11-12-63-24(42)6-4-3-5-19-7-8-20-21(13-19)54-18-53-20)15-56-62(51,52)59-61(49,50)55-14-22-27(58-60(46,47)48)26(43)32(57-22)40-17-39-25-29(34)37-16-38-30(25)40/h3-8,13,16-17,22,26-28,32,43-44H,9-12,14-15,18H2,1-2H3,(H,35,41)(H,36,45)(H,49,50)(H,51,52)(H2,34,37,38)(H2,46,47,48)/b5-3+,6-4+/t22-,26-,27-,28+,32-/m1/s1. The summed E-state index contributed by atoms with van der Waals surface area (Å²) in [5.74, 6) is 0.0522. The first-order valence-corrected chi connectivity index (χ1v) is 23.8. The van der Waals surface area contributed by atoms with Gasteiger partial charge in [0.1, 0.15) is 36.3 Å². The molecule has 1 fully saturated rings. The Morgan fingerprint density at radius 2 is 1.76 bits per heavy atom. The SMILES string of the molecule is CC(C)(COP(=O)(O)OP(=O)(O)OC[C@H]1O[C@@H](n2cnc3c(N)ncnc32)[C@H](O)[C@@H]1OP(=O)(O)O)[C@@H](O)C(=O)NCCC(=O)NCCSC(=O)/C=C/C=C/c1ccc2c(c1)OCO2. The van der Waals surface area contributed by atoms with Gasteiger partial charge in [-0.05, 0) is 23.8 Å². The summed E-state index contributed by atoms with van der Waals surface area (Å²) in [5, 5.41) is 26.2. The lowest BCUT2D eigenvalue weighted by molar-refractivity contribution is -0.137. The Labute approximate surface area is 361 Å². The number of hydrogen-bond donors (Lipinski definition) is 9. The Balaban J connectivity index is 1.00. The fourth-order valence-corrected chi connectivity index (χ4v) is 9.06. The molecule has 2 unspecified atom stereocenters. The predicted octanol–water partition coefficient (Wildman–Crippen LogP) is 0.663. The van der Waals surface area contributed by atoms with Crippen molar-refractivity contribution in [3.8, 4) is 11.5 Å². The zero-order valence-electron chi connectivity index (χ0n) is 33.1. The third-order valence-corrected chi connectivity index (χ3v) is 12.7. The number of aliphatic hydroxyl groups is 2. The van der Waals surface area contributed by atoms with Crippen LogP contribution in [0.4, 0.5) is 5.82 Å². The highest BCUT2D eigenvalue weighted by molar-refractivity contribution is 8.14. The number of carbonyl (C=O) groups excluding carboxylic acids is 3. The highest BCUT2D eigenvalue weighted by atomic mass is 32.2. The van der Waals surface area contributed by atoms with Gasteiger partial charge in [-0.25, -0.2) is 28.6 Å². The smallest absolute Gasteiger partial charge is 0.454 e. The van der Waals surface area contributed by atoms with E-state index in [2.05, 4.69) is 34.4 Å². The average molecular weight is 968 g/mol. The number of phosphoric acid groups is 3. The molecular formula is C33H44N7O19P3S. The highest BCUT2D eigenvalue weighted by Gasteiger charge is 2.50. The van der Waals surface area contributed by atoms with Crippen LogP contribution >= 0.6 is 35.2 Å². The molecule has 2 aliphatic heterocycles. The number of phosphoric ester groups is 3. The van der Waals surface area contributed by atoms with Gasteiger partial charge in [0.05, 0.1) is 19.5 Å². The predicted molar refractivity (Wildman–Crippen MR) is 218 cm³/mol. The molecule has 63 heavy (non-hydrogen) atoms. The fraction of sp³-hybridized carbons (Fsp3) is 0.455. The molecule has 4 heterocycles. The Kier molecular flexibility index (Phi) is 16.8. The topological polar surface area (TPSA) is 382 Å². The molecule has 0 radical (unpaired) electrons. The summed E-state index contributed by atoms with van der Waals surface area (Å²) in [6.07, 6.45) is -0.579. The molecule has 5 rings (SSSR count). The molecule has 346 valence electrons. The number of thioether (sulfide) groups is 1. The van der Waals surface area contributed by atoms with Gasteiger partial charge in [-0.15, -0.1) is 0 Å². The number of allylic oxidation sites excluding steroid dienone is 2. The lowest BCUT2D eigenvalue weighted by Crippen LogP contribution is -2.46. The first-order valence-electron chi connectivity index (χ1n) is 18.3. The van der Waals surface area contributed by atoms with Crippen molar-refractivity contribution in [2.45, 2.75) is 50.9 Å². The van der Waals surface area contributed by atoms with E-state index in [9.17, 15) is 57.9 Å². The number of hydrogen-bond acceptors (Lipinski definition) is 20. The summed E-state index contributed by atoms with van der Waals surface area (Å²) in [5.41, 5.74) is 5.10. The maximum atomic E-state index is 12.7. The van der Waals surface area contributed by atoms with Gasteiger partial charge < -0.3 is 60.4 Å². The van der Waals surface area contributed by atoms with Crippen molar-refractivity contribution < 1.29 is 90.0 Å². The van der Waals surface area contributed by atoms with Crippen LogP contribution in [0.15, 0.2) is 49.1 Å². The molecule has 7 atom stereocenters. The van der Waals surface area contributed by atoms with Crippen LogP contribution in [0.3, 0.4) is 0 Å². The average Bonchev–Trinajstić information content (AvgIpc) is 3.93. The summed E-state index contributed by atoms with van der Waals surface area (Å²) in [6.45, 7) is 0.532. The van der Waals surface area contributed by atoms with Crippen molar-refractivity contribution in [3.05, 3.63) is 54.6 Å². The van der Waals surface area contributed by atoms with Crippen molar-refractivity contribution in [2.24, 2.45) is 5.41 Å². The first-order chi connectivity index (χ1) is 29.5. The second-order valence-corrected chi connectivity index (χ2v) is 19.4. The normalized spacial score (nSPS) is 21.4. The Morgan fingerprint density at radius 1 is 1.03 bits per heavy atom. The van der Waals surface area contributed by atoms with Crippen LogP contribution in [0.1, 0.15) is 32.1 Å². The summed E-state index contributed by atoms with van der Waals surface area (Å²) in [4.78, 5) is 88.0. The molecule has 0 saturated carbocycles. The number of fused-ring (bicyclic) bond motifs is 2. The van der Waals surface area contributed by atoms with Crippen LogP contribution in [-0.2, 0) is 50.7 Å². The third kappa shape index (κ3) is 14.4. The molecule has 0 bridgehead atoms. The quantitative estimate of drug-likeness (QED) is 0.0289. The molecule has 10 N–H and O–H groups in total. The largest absolute Gasteiger partial charge is 0.481 e. The van der Waals surface area contributed by atoms with E-state index in [4.69, 9.17) is 29.0 Å². The number of nitrogens with two attached hydrogens (primary N) is 1. The second-order valence-electron chi connectivity index (χ2n) is 14.1. The molecule has 2 aliphatic rings. The van der Waals surface area contributed by atoms with Crippen molar-refractivity contribution in [2.75, 3.05) is 44.6 Å². The van der Waals surface area contributed by atoms with Crippen molar-refractivity contribution in [1.82, 2.24) is 30.2 Å². The molecule has 3 aromatic rings. The van der Waals surface area contributed by atoms with E-state index in [1.165, 1.54) is 19.9 Å². The van der Waals surface area contributed by atoms with Gasteiger partial charge in [-0.1, -0.05) is 49.9 Å². The van der Waals surface area contributed by atoms with Crippen LogP contribution in [0.2, 0.25) is 0 Å². The maximum absolute atomic E-state index is 12.7. The second kappa shape index (κ2) is 21.2. The Morgan fingerprint density at radius 3 is 2.51 bits per heavy atom. The summed E-state index contributed by atoms with van der Waals surface area (Å²) in [7, 11) is -16.4. The van der Waals surface area contributed by atoms with Gasteiger partial charge in [-0.2, -0.15) is 4.31 Å². The number of anilines is 1. The number of nitrogens with zero attached hydrogens (tertiary/aromatic N) is 4.